The summed E-state index contributed by atoms with van der Waals surface area (Å²) >= 11 is 0. The van der Waals surface area contributed by atoms with Crippen LogP contribution in [0.1, 0.15) is 12.1 Å². The number of hydrogen-bond acceptors (Lipinski definition) is 6. The number of aliphatic imine (C=N–C) groups is 1. The van der Waals surface area contributed by atoms with E-state index in [-0.39, 0.29) is 0 Å². The lowest BCUT2D eigenvalue weighted by Gasteiger charge is -2.16. The van der Waals surface area contributed by atoms with Crippen molar-refractivity contribution in [1.82, 2.24) is 14.9 Å². The van der Waals surface area contributed by atoms with Crippen LogP contribution >= 0.6 is 0 Å². The molecule has 1 aromatic heterocycles. The lowest BCUT2D eigenvalue weighted by Crippen LogP contribution is -2.31. The van der Waals surface area contributed by atoms with Gasteiger partial charge in [-0.05, 0) is 13.3 Å². The summed E-state index contributed by atoms with van der Waals surface area (Å²) in [5.41, 5.74) is 1.63. The van der Waals surface area contributed by atoms with Crippen LogP contribution in [0.4, 0.5) is 5.69 Å². The molecule has 0 saturated carbocycles. The Morgan fingerprint density at radius 1 is 1.22 bits per heavy atom. The van der Waals surface area contributed by atoms with Crippen LogP contribution in [-0.4, -0.2) is 43.4 Å². The van der Waals surface area contributed by atoms with E-state index in [2.05, 4.69) is 20.6 Å². The SMILES string of the molecule is COc1cc(N/C(=N\C#N)NCCCn2cnc(C)c2)cc(OC)c1OC. The highest BCUT2D eigenvalue weighted by molar-refractivity contribution is 5.94. The highest BCUT2D eigenvalue weighted by Gasteiger charge is 2.14. The summed E-state index contributed by atoms with van der Waals surface area (Å²) in [7, 11) is 4.63. The van der Waals surface area contributed by atoms with Gasteiger partial charge >= 0.3 is 0 Å². The van der Waals surface area contributed by atoms with E-state index in [0.717, 1.165) is 18.7 Å². The second-order valence-electron chi connectivity index (χ2n) is 5.63. The maximum absolute atomic E-state index is 8.94. The van der Waals surface area contributed by atoms with E-state index < -0.39 is 0 Å². The number of guanidine groups is 1. The molecule has 0 radical (unpaired) electrons. The molecule has 0 saturated heterocycles. The minimum absolute atomic E-state index is 0.341. The molecule has 27 heavy (non-hydrogen) atoms. The van der Waals surface area contributed by atoms with Crippen molar-refractivity contribution in [3.63, 3.8) is 0 Å². The fourth-order valence-corrected chi connectivity index (χ4v) is 2.51. The number of imidazole rings is 1. The van der Waals surface area contributed by atoms with Gasteiger partial charge in [-0.15, -0.1) is 4.99 Å². The second kappa shape index (κ2) is 9.91. The fourth-order valence-electron chi connectivity index (χ4n) is 2.51. The van der Waals surface area contributed by atoms with Crippen LogP contribution in [0, 0.1) is 18.4 Å². The molecule has 144 valence electrons. The minimum atomic E-state index is 0.341. The number of methoxy groups -OCH3 is 3. The highest BCUT2D eigenvalue weighted by Crippen LogP contribution is 2.39. The number of ether oxygens (including phenoxy) is 3. The van der Waals surface area contributed by atoms with Gasteiger partial charge in [0.15, 0.2) is 11.5 Å². The summed E-state index contributed by atoms with van der Waals surface area (Å²) in [5.74, 6) is 1.85. The van der Waals surface area contributed by atoms with E-state index >= 15 is 0 Å². The summed E-state index contributed by atoms with van der Waals surface area (Å²) in [5, 5.41) is 15.1. The third kappa shape index (κ3) is 5.54. The number of anilines is 1. The predicted octanol–water partition coefficient (Wildman–Crippen LogP) is 2.15. The van der Waals surface area contributed by atoms with Crippen LogP contribution in [0.15, 0.2) is 29.6 Å². The van der Waals surface area contributed by atoms with Gasteiger partial charge in [0.1, 0.15) is 0 Å². The van der Waals surface area contributed by atoms with Gasteiger partial charge in [-0.25, -0.2) is 4.98 Å². The molecular weight excluding hydrogens is 348 g/mol. The molecule has 0 bridgehead atoms. The molecule has 0 amide bonds. The zero-order valence-electron chi connectivity index (χ0n) is 15.9. The van der Waals surface area contributed by atoms with Crippen LogP contribution < -0.4 is 24.8 Å². The topological polar surface area (TPSA) is 106 Å². The van der Waals surface area contributed by atoms with Crippen molar-refractivity contribution in [3.05, 3.63) is 30.4 Å². The molecule has 0 unspecified atom stereocenters. The molecule has 1 heterocycles. The first-order chi connectivity index (χ1) is 13.1. The van der Waals surface area contributed by atoms with E-state index in [9.17, 15) is 0 Å². The molecule has 1 aromatic carbocycles. The largest absolute Gasteiger partial charge is 0.493 e. The molecule has 9 heteroatoms. The van der Waals surface area contributed by atoms with Crippen molar-refractivity contribution in [2.24, 2.45) is 4.99 Å². The Morgan fingerprint density at radius 3 is 2.44 bits per heavy atom. The fraction of sp³-hybridized carbons (Fsp3) is 0.389. The third-order valence-corrected chi connectivity index (χ3v) is 3.74. The lowest BCUT2D eigenvalue weighted by molar-refractivity contribution is 0.324. The zero-order valence-corrected chi connectivity index (χ0v) is 15.9. The van der Waals surface area contributed by atoms with Gasteiger partial charge in [0, 0.05) is 37.1 Å². The van der Waals surface area contributed by atoms with Crippen LogP contribution in [0.2, 0.25) is 0 Å². The Morgan fingerprint density at radius 2 is 1.93 bits per heavy atom. The first-order valence-electron chi connectivity index (χ1n) is 8.37. The standard InChI is InChI=1S/C18H24N6O3/c1-13-10-24(12-22-13)7-5-6-20-18(21-11-19)23-14-8-15(25-2)17(27-4)16(9-14)26-3/h8-10,12H,5-7H2,1-4H3,(H2,20,21,23). The summed E-state index contributed by atoms with van der Waals surface area (Å²) < 4.78 is 18.0. The number of aryl methyl sites for hydroxylation is 2. The average Bonchev–Trinajstić information content (AvgIpc) is 3.09. The summed E-state index contributed by atoms with van der Waals surface area (Å²) in [6, 6.07) is 3.48. The van der Waals surface area contributed by atoms with Gasteiger partial charge in [0.2, 0.25) is 17.9 Å². The molecule has 2 rings (SSSR count). The van der Waals surface area contributed by atoms with Gasteiger partial charge < -0.3 is 29.4 Å². The molecule has 2 N–H and O–H groups in total. The van der Waals surface area contributed by atoms with E-state index in [4.69, 9.17) is 19.5 Å². The van der Waals surface area contributed by atoms with Crippen LogP contribution in [0.3, 0.4) is 0 Å². The van der Waals surface area contributed by atoms with Crippen LogP contribution in [0.25, 0.3) is 0 Å². The molecule has 0 spiro atoms. The van der Waals surface area contributed by atoms with Crippen LogP contribution in [0.5, 0.6) is 17.2 Å². The Labute approximate surface area is 158 Å². The number of hydrogen-bond donors (Lipinski definition) is 2. The molecule has 0 atom stereocenters. The van der Waals surface area contributed by atoms with Crippen molar-refractivity contribution in [2.75, 3.05) is 33.2 Å². The van der Waals surface area contributed by atoms with Gasteiger partial charge in [-0.2, -0.15) is 5.26 Å². The average molecular weight is 372 g/mol. The highest BCUT2D eigenvalue weighted by atomic mass is 16.5. The molecule has 0 aliphatic carbocycles. The summed E-state index contributed by atoms with van der Waals surface area (Å²) in [6.45, 7) is 3.40. The first kappa shape index (κ1) is 19.9. The molecule has 2 aromatic rings. The maximum Gasteiger partial charge on any atom is 0.211 e. The number of nitriles is 1. The summed E-state index contributed by atoms with van der Waals surface area (Å²) in [4.78, 5) is 7.98. The molecule has 9 nitrogen and oxygen atoms in total. The quantitative estimate of drug-likeness (QED) is 0.316. The van der Waals surface area contributed by atoms with E-state index in [1.54, 1.807) is 46.0 Å². The molecule has 0 aliphatic rings. The lowest BCUT2D eigenvalue weighted by atomic mass is 10.2. The van der Waals surface area contributed by atoms with Crippen molar-refractivity contribution in [3.8, 4) is 23.4 Å². The molecule has 0 aliphatic heterocycles. The minimum Gasteiger partial charge on any atom is -0.493 e. The first-order valence-corrected chi connectivity index (χ1v) is 8.37. The Kier molecular flexibility index (Phi) is 7.31. The van der Waals surface area contributed by atoms with Gasteiger partial charge in [-0.1, -0.05) is 0 Å². The summed E-state index contributed by atoms with van der Waals surface area (Å²) in [6.07, 6.45) is 6.42. The Balaban J connectivity index is 2.01. The van der Waals surface area contributed by atoms with Gasteiger partial charge in [-0.3, -0.25) is 0 Å². The zero-order chi connectivity index (χ0) is 19.6. The van der Waals surface area contributed by atoms with Gasteiger partial charge in [0.25, 0.3) is 0 Å². The number of rotatable bonds is 8. The maximum atomic E-state index is 8.94. The molecule has 0 fully saturated rings. The van der Waals surface area contributed by atoms with Crippen molar-refractivity contribution >= 4 is 11.6 Å². The second-order valence-corrected chi connectivity index (χ2v) is 5.63. The number of nitrogens with one attached hydrogen (secondary N) is 2. The number of benzene rings is 1. The van der Waals surface area contributed by atoms with Crippen molar-refractivity contribution in [2.45, 2.75) is 19.9 Å². The molecular formula is C18H24N6O3. The van der Waals surface area contributed by atoms with Gasteiger partial charge in [0.05, 0.1) is 33.4 Å². The monoisotopic (exact) mass is 372 g/mol. The van der Waals surface area contributed by atoms with E-state index in [1.165, 1.54) is 0 Å². The number of nitrogens with zero attached hydrogens (tertiary/aromatic N) is 4. The van der Waals surface area contributed by atoms with E-state index in [0.29, 0.717) is 35.4 Å². The number of aromatic nitrogens is 2. The van der Waals surface area contributed by atoms with Crippen molar-refractivity contribution in [1.29, 1.82) is 5.26 Å². The normalized spacial score (nSPS) is 10.9. The third-order valence-electron chi connectivity index (χ3n) is 3.74. The van der Waals surface area contributed by atoms with Crippen LogP contribution in [-0.2, 0) is 6.54 Å². The van der Waals surface area contributed by atoms with Crippen molar-refractivity contribution < 1.29 is 14.2 Å². The Bertz CT molecular complexity index is 800. The Hall–Kier alpha value is -3.41. The van der Waals surface area contributed by atoms with E-state index in [1.807, 2.05) is 17.7 Å². The predicted molar refractivity (Wildman–Crippen MR) is 102 cm³/mol. The smallest absolute Gasteiger partial charge is 0.211 e.